The molecule has 106 valence electrons. The standard InChI is InChI=1S/C16H22N4/c1-15(2)14-8-10-7-12-13(20(4)19-18-12)9-11(10)16(15,3)5-6-17-14/h7,9,14,17H,5-6,8H2,1-4H3/t14-,16-/m0/s1. The molecule has 2 heterocycles. The monoisotopic (exact) mass is 270 g/mol. The van der Waals surface area contributed by atoms with Crippen LogP contribution in [0.3, 0.4) is 0 Å². The fourth-order valence-electron chi connectivity index (χ4n) is 4.29. The van der Waals surface area contributed by atoms with Crippen molar-refractivity contribution in [1.29, 1.82) is 0 Å². The minimum Gasteiger partial charge on any atom is -0.313 e. The summed E-state index contributed by atoms with van der Waals surface area (Å²) in [5.74, 6) is 0. The van der Waals surface area contributed by atoms with Gasteiger partial charge in [-0.15, -0.1) is 5.10 Å². The predicted octanol–water partition coefficient (Wildman–Crippen LogP) is 2.17. The van der Waals surface area contributed by atoms with Crippen LogP contribution in [0.2, 0.25) is 0 Å². The summed E-state index contributed by atoms with van der Waals surface area (Å²) in [6.07, 6.45) is 2.30. The Morgan fingerprint density at radius 3 is 2.90 bits per heavy atom. The maximum Gasteiger partial charge on any atom is 0.113 e. The lowest BCUT2D eigenvalue weighted by atomic mass is 9.51. The SMILES string of the molecule is Cn1nnc2cc3c(cc21)[C@]1(C)CCN[C@@H](C3)C1(C)C. The van der Waals surface area contributed by atoms with Crippen molar-refractivity contribution in [2.24, 2.45) is 12.5 Å². The zero-order valence-electron chi connectivity index (χ0n) is 12.7. The molecule has 20 heavy (non-hydrogen) atoms. The van der Waals surface area contributed by atoms with E-state index in [1.807, 2.05) is 11.7 Å². The summed E-state index contributed by atoms with van der Waals surface area (Å²) in [5, 5.41) is 12.2. The van der Waals surface area contributed by atoms with Crippen LogP contribution in [0.4, 0.5) is 0 Å². The molecule has 4 heteroatoms. The number of nitrogens with zero attached hydrogens (tertiary/aromatic N) is 3. The summed E-state index contributed by atoms with van der Waals surface area (Å²) in [5.41, 5.74) is 5.65. The molecule has 2 bridgehead atoms. The normalized spacial score (nSPS) is 31.3. The van der Waals surface area contributed by atoms with E-state index in [0.29, 0.717) is 6.04 Å². The van der Waals surface area contributed by atoms with Gasteiger partial charge in [-0.2, -0.15) is 0 Å². The van der Waals surface area contributed by atoms with Crippen LogP contribution in [0.1, 0.15) is 38.3 Å². The first kappa shape index (κ1) is 12.3. The maximum absolute atomic E-state index is 4.27. The number of nitrogens with one attached hydrogen (secondary N) is 1. The van der Waals surface area contributed by atoms with Crippen LogP contribution >= 0.6 is 0 Å². The van der Waals surface area contributed by atoms with E-state index >= 15 is 0 Å². The molecular weight excluding hydrogens is 248 g/mol. The van der Waals surface area contributed by atoms with Gasteiger partial charge in [-0.05, 0) is 48.1 Å². The van der Waals surface area contributed by atoms with E-state index in [1.54, 1.807) is 0 Å². The van der Waals surface area contributed by atoms with Gasteiger partial charge in [0.25, 0.3) is 0 Å². The Labute approximate surface area is 119 Å². The average Bonchev–Trinajstić information content (AvgIpc) is 2.73. The van der Waals surface area contributed by atoms with Crippen LogP contribution in [0.5, 0.6) is 0 Å². The molecule has 2 aromatic rings. The van der Waals surface area contributed by atoms with Crippen molar-refractivity contribution in [1.82, 2.24) is 20.3 Å². The van der Waals surface area contributed by atoms with Crippen molar-refractivity contribution in [2.75, 3.05) is 6.54 Å². The molecule has 1 N–H and O–H groups in total. The van der Waals surface area contributed by atoms with Crippen molar-refractivity contribution in [2.45, 2.75) is 45.1 Å². The van der Waals surface area contributed by atoms with Crippen LogP contribution in [0.15, 0.2) is 12.1 Å². The summed E-state index contributed by atoms with van der Waals surface area (Å²) >= 11 is 0. The molecule has 1 saturated heterocycles. The summed E-state index contributed by atoms with van der Waals surface area (Å²) in [6, 6.07) is 5.15. The molecule has 0 saturated carbocycles. The molecule has 1 aromatic heterocycles. The third-order valence-corrected chi connectivity index (χ3v) is 6.16. The Bertz CT molecular complexity index is 700. The number of rotatable bonds is 0. The van der Waals surface area contributed by atoms with Gasteiger partial charge in [0.05, 0.1) is 5.52 Å². The molecule has 0 spiro atoms. The van der Waals surface area contributed by atoms with E-state index in [4.69, 9.17) is 0 Å². The number of aromatic nitrogens is 3. The summed E-state index contributed by atoms with van der Waals surface area (Å²) in [6.45, 7) is 8.39. The van der Waals surface area contributed by atoms with Gasteiger partial charge in [-0.3, -0.25) is 0 Å². The smallest absolute Gasteiger partial charge is 0.113 e. The molecule has 1 aliphatic carbocycles. The Kier molecular flexibility index (Phi) is 2.23. The summed E-state index contributed by atoms with van der Waals surface area (Å²) < 4.78 is 1.89. The van der Waals surface area contributed by atoms with E-state index in [1.165, 1.54) is 17.5 Å². The molecule has 1 aromatic carbocycles. The van der Waals surface area contributed by atoms with Gasteiger partial charge in [0, 0.05) is 18.5 Å². The fourth-order valence-corrected chi connectivity index (χ4v) is 4.29. The molecular formula is C16H22N4. The first-order valence-electron chi connectivity index (χ1n) is 7.50. The number of piperidine rings is 1. The van der Waals surface area contributed by atoms with E-state index < -0.39 is 0 Å². The van der Waals surface area contributed by atoms with Crippen molar-refractivity contribution < 1.29 is 0 Å². The molecule has 1 fully saturated rings. The molecule has 2 atom stereocenters. The molecule has 0 radical (unpaired) electrons. The third-order valence-electron chi connectivity index (χ3n) is 6.16. The van der Waals surface area contributed by atoms with E-state index in [-0.39, 0.29) is 10.8 Å². The van der Waals surface area contributed by atoms with Crippen molar-refractivity contribution in [3.8, 4) is 0 Å². The highest BCUT2D eigenvalue weighted by Crippen LogP contribution is 2.54. The van der Waals surface area contributed by atoms with Gasteiger partial charge in [0.2, 0.25) is 0 Å². The third kappa shape index (κ3) is 1.30. The molecule has 1 aliphatic heterocycles. The number of benzene rings is 1. The zero-order chi connectivity index (χ0) is 14.1. The number of aryl methyl sites for hydroxylation is 1. The highest BCUT2D eigenvalue weighted by molar-refractivity contribution is 5.77. The van der Waals surface area contributed by atoms with Gasteiger partial charge in [0.1, 0.15) is 5.52 Å². The Morgan fingerprint density at radius 2 is 2.10 bits per heavy atom. The molecule has 0 unspecified atom stereocenters. The minimum atomic E-state index is 0.231. The molecule has 0 amide bonds. The second kappa shape index (κ2) is 3.61. The maximum atomic E-state index is 4.27. The second-order valence-corrected chi connectivity index (χ2v) is 7.23. The molecule has 4 nitrogen and oxygen atoms in total. The Morgan fingerprint density at radius 1 is 1.30 bits per heavy atom. The largest absolute Gasteiger partial charge is 0.313 e. The van der Waals surface area contributed by atoms with E-state index in [0.717, 1.165) is 24.0 Å². The summed E-state index contributed by atoms with van der Waals surface area (Å²) in [4.78, 5) is 0. The Balaban J connectivity index is 2.03. The van der Waals surface area contributed by atoms with E-state index in [2.05, 4.69) is 48.5 Å². The first-order valence-corrected chi connectivity index (χ1v) is 7.50. The zero-order valence-corrected chi connectivity index (χ0v) is 12.7. The van der Waals surface area contributed by atoms with E-state index in [9.17, 15) is 0 Å². The number of hydrogen-bond acceptors (Lipinski definition) is 3. The van der Waals surface area contributed by atoms with Crippen molar-refractivity contribution in [3.05, 3.63) is 23.3 Å². The lowest BCUT2D eigenvalue weighted by molar-refractivity contribution is 0.0561. The number of hydrogen-bond donors (Lipinski definition) is 1. The average molecular weight is 270 g/mol. The highest BCUT2D eigenvalue weighted by Gasteiger charge is 2.53. The minimum absolute atomic E-state index is 0.231. The first-order chi connectivity index (χ1) is 9.43. The van der Waals surface area contributed by atoms with Crippen molar-refractivity contribution in [3.63, 3.8) is 0 Å². The van der Waals surface area contributed by atoms with Gasteiger partial charge < -0.3 is 5.32 Å². The van der Waals surface area contributed by atoms with Crippen LogP contribution < -0.4 is 5.32 Å². The van der Waals surface area contributed by atoms with Gasteiger partial charge in [-0.25, -0.2) is 4.68 Å². The predicted molar refractivity (Wildman–Crippen MR) is 79.8 cm³/mol. The van der Waals surface area contributed by atoms with Gasteiger partial charge in [0.15, 0.2) is 0 Å². The topological polar surface area (TPSA) is 42.7 Å². The highest BCUT2D eigenvalue weighted by atomic mass is 15.4. The quantitative estimate of drug-likeness (QED) is 0.798. The van der Waals surface area contributed by atoms with Crippen molar-refractivity contribution >= 4 is 11.0 Å². The molecule has 2 aliphatic rings. The number of fused-ring (bicyclic) bond motifs is 5. The van der Waals surface area contributed by atoms with Crippen LogP contribution in [-0.4, -0.2) is 27.6 Å². The van der Waals surface area contributed by atoms with Crippen LogP contribution in [-0.2, 0) is 18.9 Å². The lowest BCUT2D eigenvalue weighted by Crippen LogP contribution is -2.62. The lowest BCUT2D eigenvalue weighted by Gasteiger charge is -2.57. The summed E-state index contributed by atoms with van der Waals surface area (Å²) in [7, 11) is 1.98. The molecule has 4 rings (SSSR count). The van der Waals surface area contributed by atoms with Gasteiger partial charge in [-0.1, -0.05) is 26.0 Å². The fraction of sp³-hybridized carbons (Fsp3) is 0.625. The van der Waals surface area contributed by atoms with Crippen LogP contribution in [0.25, 0.3) is 11.0 Å². The Hall–Kier alpha value is -1.42. The second-order valence-electron chi connectivity index (χ2n) is 7.23. The van der Waals surface area contributed by atoms with Gasteiger partial charge >= 0.3 is 0 Å². The van der Waals surface area contributed by atoms with Crippen LogP contribution in [0, 0.1) is 5.41 Å².